The van der Waals surface area contributed by atoms with Crippen LogP contribution in [-0.4, -0.2) is 0 Å². The highest BCUT2D eigenvalue weighted by Crippen LogP contribution is 2.28. The van der Waals surface area contributed by atoms with Gasteiger partial charge in [0, 0.05) is 5.56 Å². The molecule has 0 unspecified atom stereocenters. The molecular weight excluding hydrogens is 268 g/mol. The summed E-state index contributed by atoms with van der Waals surface area (Å²) in [5.41, 5.74) is 3.76. The first-order valence-electron chi connectivity index (χ1n) is 7.97. The molecule has 0 bridgehead atoms. The Morgan fingerprint density at radius 2 is 1.73 bits per heavy atom. The summed E-state index contributed by atoms with van der Waals surface area (Å²) in [6.07, 6.45) is 8.49. The minimum absolute atomic E-state index is 0.868. The lowest BCUT2D eigenvalue weighted by atomic mass is 10.0. The number of benzene rings is 2. The van der Waals surface area contributed by atoms with Crippen molar-refractivity contribution in [1.29, 1.82) is 0 Å². The Morgan fingerprint density at radius 3 is 2.36 bits per heavy atom. The van der Waals surface area contributed by atoms with E-state index < -0.39 is 0 Å². The van der Waals surface area contributed by atoms with Crippen molar-refractivity contribution in [3.05, 3.63) is 71.8 Å². The largest absolute Gasteiger partial charge is 0.457 e. The van der Waals surface area contributed by atoms with Crippen LogP contribution in [0.2, 0.25) is 0 Å². The molecule has 0 amide bonds. The first-order valence-corrected chi connectivity index (χ1v) is 7.97. The van der Waals surface area contributed by atoms with Crippen LogP contribution in [0.1, 0.15) is 44.7 Å². The van der Waals surface area contributed by atoms with Crippen LogP contribution in [0, 0.1) is 0 Å². The summed E-state index contributed by atoms with van der Waals surface area (Å²) in [6.45, 7) is 6.38. The van der Waals surface area contributed by atoms with Crippen molar-refractivity contribution < 1.29 is 4.74 Å². The van der Waals surface area contributed by atoms with Gasteiger partial charge < -0.3 is 4.74 Å². The lowest BCUT2D eigenvalue weighted by Gasteiger charge is -2.10. The minimum Gasteiger partial charge on any atom is -0.457 e. The van der Waals surface area contributed by atoms with Gasteiger partial charge in [-0.05, 0) is 49.1 Å². The molecule has 114 valence electrons. The van der Waals surface area contributed by atoms with Gasteiger partial charge in [-0.1, -0.05) is 62.4 Å². The van der Waals surface area contributed by atoms with E-state index in [0.717, 1.165) is 29.9 Å². The molecular formula is C21H24O. The van der Waals surface area contributed by atoms with Crippen LogP contribution in [-0.2, 0) is 0 Å². The van der Waals surface area contributed by atoms with Crippen LogP contribution in [0.5, 0.6) is 11.5 Å². The normalized spacial score (nSPS) is 11.9. The van der Waals surface area contributed by atoms with Crippen LogP contribution in [0.15, 0.2) is 60.7 Å². The molecule has 0 saturated carbocycles. The second-order valence-electron chi connectivity index (χ2n) is 5.16. The van der Waals surface area contributed by atoms with E-state index in [9.17, 15) is 0 Å². The van der Waals surface area contributed by atoms with Gasteiger partial charge in [0.25, 0.3) is 0 Å². The average molecular weight is 292 g/mol. The van der Waals surface area contributed by atoms with Crippen molar-refractivity contribution in [3.63, 3.8) is 0 Å². The monoisotopic (exact) mass is 292 g/mol. The number of rotatable bonds is 6. The molecule has 1 heteroatoms. The molecule has 0 radical (unpaired) electrons. The highest BCUT2D eigenvalue weighted by molar-refractivity contribution is 5.66. The molecule has 0 aromatic heterocycles. The van der Waals surface area contributed by atoms with E-state index in [2.05, 4.69) is 44.2 Å². The molecule has 0 fully saturated rings. The van der Waals surface area contributed by atoms with Crippen molar-refractivity contribution in [2.45, 2.75) is 33.6 Å². The highest BCUT2D eigenvalue weighted by Gasteiger charge is 2.03. The minimum atomic E-state index is 0.868. The molecule has 0 saturated heterocycles. The molecule has 22 heavy (non-hydrogen) atoms. The van der Waals surface area contributed by atoms with Crippen LogP contribution >= 0.6 is 0 Å². The van der Waals surface area contributed by atoms with Gasteiger partial charge >= 0.3 is 0 Å². The van der Waals surface area contributed by atoms with Gasteiger partial charge in [0.15, 0.2) is 0 Å². The predicted octanol–water partition coefficient (Wildman–Crippen LogP) is 6.72. The SMILES string of the molecule is C/C=C/c1ccccc1Oc1ccc(/C(=C/CC)CC)cc1. The zero-order valence-electron chi connectivity index (χ0n) is 13.7. The molecule has 0 aliphatic heterocycles. The summed E-state index contributed by atoms with van der Waals surface area (Å²) in [4.78, 5) is 0. The predicted molar refractivity (Wildman–Crippen MR) is 96.2 cm³/mol. The third-order valence-electron chi connectivity index (χ3n) is 3.55. The quantitative estimate of drug-likeness (QED) is 0.574. The highest BCUT2D eigenvalue weighted by atomic mass is 16.5. The smallest absolute Gasteiger partial charge is 0.134 e. The van der Waals surface area contributed by atoms with E-state index in [1.807, 2.05) is 43.3 Å². The average Bonchev–Trinajstić information content (AvgIpc) is 2.55. The summed E-state index contributed by atoms with van der Waals surface area (Å²) < 4.78 is 6.02. The van der Waals surface area contributed by atoms with Crippen LogP contribution in [0.3, 0.4) is 0 Å². The summed E-state index contributed by atoms with van der Waals surface area (Å²) >= 11 is 0. The van der Waals surface area contributed by atoms with Crippen LogP contribution < -0.4 is 4.74 Å². The van der Waals surface area contributed by atoms with Crippen molar-refractivity contribution >= 4 is 11.6 Å². The fraction of sp³-hybridized carbons (Fsp3) is 0.238. The van der Waals surface area contributed by atoms with E-state index in [-0.39, 0.29) is 0 Å². The van der Waals surface area contributed by atoms with Gasteiger partial charge in [-0.2, -0.15) is 0 Å². The van der Waals surface area contributed by atoms with Gasteiger partial charge in [0.2, 0.25) is 0 Å². The van der Waals surface area contributed by atoms with Crippen molar-refractivity contribution in [1.82, 2.24) is 0 Å². The molecule has 0 aliphatic carbocycles. The first kappa shape index (κ1) is 16.1. The van der Waals surface area contributed by atoms with E-state index in [4.69, 9.17) is 4.74 Å². The lowest BCUT2D eigenvalue weighted by Crippen LogP contribution is -1.88. The standard InChI is InChI=1S/C21H24O/c1-4-9-17(6-3)18-13-15-20(16-14-18)22-21-12-8-7-11-19(21)10-5-2/h5,7-16H,4,6H2,1-3H3/b10-5+,17-9+. The Labute approximate surface area is 134 Å². The van der Waals surface area contributed by atoms with E-state index >= 15 is 0 Å². The van der Waals surface area contributed by atoms with Crippen molar-refractivity contribution in [3.8, 4) is 11.5 Å². The van der Waals surface area contributed by atoms with E-state index in [1.54, 1.807) is 0 Å². The topological polar surface area (TPSA) is 9.23 Å². The van der Waals surface area contributed by atoms with Gasteiger partial charge in [0.05, 0.1) is 0 Å². The molecule has 0 heterocycles. The number of hydrogen-bond donors (Lipinski definition) is 0. The lowest BCUT2D eigenvalue weighted by molar-refractivity contribution is 0.481. The van der Waals surface area contributed by atoms with Crippen LogP contribution in [0.25, 0.3) is 11.6 Å². The molecule has 0 N–H and O–H groups in total. The van der Waals surface area contributed by atoms with E-state index in [1.165, 1.54) is 11.1 Å². The third kappa shape index (κ3) is 4.11. The van der Waals surface area contributed by atoms with Crippen LogP contribution in [0.4, 0.5) is 0 Å². The Kier molecular flexibility index (Phi) is 6.02. The fourth-order valence-electron chi connectivity index (χ4n) is 2.47. The number of para-hydroxylation sites is 1. The second-order valence-corrected chi connectivity index (χ2v) is 5.16. The third-order valence-corrected chi connectivity index (χ3v) is 3.55. The molecule has 0 aliphatic rings. The zero-order valence-corrected chi connectivity index (χ0v) is 13.7. The molecule has 0 spiro atoms. The molecule has 2 aromatic carbocycles. The number of hydrogen-bond acceptors (Lipinski definition) is 1. The number of allylic oxidation sites excluding steroid dienone is 3. The molecule has 0 atom stereocenters. The Balaban J connectivity index is 2.20. The summed E-state index contributed by atoms with van der Waals surface area (Å²) in [7, 11) is 0. The van der Waals surface area contributed by atoms with Crippen molar-refractivity contribution in [2.75, 3.05) is 0 Å². The van der Waals surface area contributed by atoms with Gasteiger partial charge in [-0.3, -0.25) is 0 Å². The van der Waals surface area contributed by atoms with Crippen molar-refractivity contribution in [2.24, 2.45) is 0 Å². The second kappa shape index (κ2) is 8.23. The summed E-state index contributed by atoms with van der Waals surface area (Å²) in [5.74, 6) is 1.75. The maximum atomic E-state index is 6.02. The van der Waals surface area contributed by atoms with E-state index in [0.29, 0.717) is 0 Å². The Morgan fingerprint density at radius 1 is 1.00 bits per heavy atom. The van der Waals surface area contributed by atoms with Gasteiger partial charge in [0.1, 0.15) is 11.5 Å². The maximum absolute atomic E-state index is 6.02. The van der Waals surface area contributed by atoms with Gasteiger partial charge in [-0.15, -0.1) is 0 Å². The number of ether oxygens (including phenoxy) is 1. The maximum Gasteiger partial charge on any atom is 0.134 e. The Hall–Kier alpha value is -2.28. The molecule has 2 rings (SSSR count). The summed E-state index contributed by atoms with van der Waals surface area (Å²) in [5, 5.41) is 0. The first-order chi connectivity index (χ1) is 10.8. The van der Waals surface area contributed by atoms with Gasteiger partial charge in [-0.25, -0.2) is 0 Å². The summed E-state index contributed by atoms with van der Waals surface area (Å²) in [6, 6.07) is 16.4. The Bertz CT molecular complexity index is 648. The zero-order chi connectivity index (χ0) is 15.8. The molecule has 1 nitrogen and oxygen atoms in total. The molecule has 2 aromatic rings. The fourth-order valence-corrected chi connectivity index (χ4v) is 2.47.